The van der Waals surface area contributed by atoms with E-state index in [1.165, 1.54) is 5.32 Å². The molecule has 170 valence electrons. The molecule has 0 aromatic heterocycles. The average molecular weight is 448 g/mol. The Bertz CT molecular complexity index is 561. The third-order valence-electron chi connectivity index (χ3n) is 3.09. The van der Waals surface area contributed by atoms with E-state index < -0.39 is 55.9 Å². The topological polar surface area (TPSA) is 90.5 Å². The Morgan fingerprint density at radius 3 is 1.52 bits per heavy atom. The Labute approximate surface area is 158 Å². The second-order valence-electron chi connectivity index (χ2n) is 5.40. The fourth-order valence-corrected chi connectivity index (χ4v) is 1.75. The molecule has 29 heavy (non-hydrogen) atoms. The van der Waals surface area contributed by atoms with Gasteiger partial charge < -0.3 is 20.9 Å². The SMILES string of the molecule is O=C(NCCCNCCN(CCNC(=O)C(F)(F)F)C(=O)C(F)(F)F)C(F)(F)F. The van der Waals surface area contributed by atoms with Gasteiger partial charge in [-0.2, -0.15) is 39.5 Å². The van der Waals surface area contributed by atoms with Crippen LogP contribution in [-0.4, -0.2) is 80.4 Å². The number of carbonyl (C=O) groups excluding carboxylic acids is 3. The Morgan fingerprint density at radius 2 is 1.07 bits per heavy atom. The molecule has 0 aliphatic carbocycles. The van der Waals surface area contributed by atoms with E-state index in [1.54, 1.807) is 5.32 Å². The van der Waals surface area contributed by atoms with Crippen LogP contribution in [0.15, 0.2) is 0 Å². The summed E-state index contributed by atoms with van der Waals surface area (Å²) < 4.78 is 109. The molecule has 0 radical (unpaired) electrons. The monoisotopic (exact) mass is 448 g/mol. The van der Waals surface area contributed by atoms with Crippen molar-refractivity contribution in [2.75, 3.05) is 39.3 Å². The summed E-state index contributed by atoms with van der Waals surface area (Å²) in [7, 11) is 0. The molecule has 3 N–H and O–H groups in total. The highest BCUT2D eigenvalue weighted by Crippen LogP contribution is 2.18. The van der Waals surface area contributed by atoms with Gasteiger partial charge >= 0.3 is 36.3 Å². The Balaban J connectivity index is 4.34. The maximum atomic E-state index is 12.5. The van der Waals surface area contributed by atoms with Crippen molar-refractivity contribution in [3.05, 3.63) is 0 Å². The molecule has 0 spiro atoms. The number of nitrogens with zero attached hydrogens (tertiary/aromatic N) is 1. The summed E-state index contributed by atoms with van der Waals surface area (Å²) in [5.41, 5.74) is 0. The highest BCUT2D eigenvalue weighted by Gasteiger charge is 2.43. The molecule has 0 fully saturated rings. The number of amides is 3. The van der Waals surface area contributed by atoms with Crippen molar-refractivity contribution in [2.45, 2.75) is 24.9 Å². The van der Waals surface area contributed by atoms with Crippen molar-refractivity contribution in [2.24, 2.45) is 0 Å². The normalized spacial score (nSPS) is 12.4. The zero-order valence-corrected chi connectivity index (χ0v) is 14.5. The van der Waals surface area contributed by atoms with E-state index in [9.17, 15) is 53.9 Å². The van der Waals surface area contributed by atoms with Gasteiger partial charge in [0.05, 0.1) is 0 Å². The highest BCUT2D eigenvalue weighted by atomic mass is 19.4. The minimum Gasteiger partial charge on any atom is -0.348 e. The zero-order valence-electron chi connectivity index (χ0n) is 14.5. The maximum Gasteiger partial charge on any atom is 0.471 e. The summed E-state index contributed by atoms with van der Waals surface area (Å²) in [6.45, 7) is -3.03. The molecule has 0 aromatic carbocycles. The summed E-state index contributed by atoms with van der Waals surface area (Å²) in [4.78, 5) is 32.5. The van der Waals surface area contributed by atoms with Crippen LogP contribution in [0.4, 0.5) is 39.5 Å². The maximum absolute atomic E-state index is 12.5. The molecule has 0 aromatic rings. The predicted molar refractivity (Wildman–Crippen MR) is 78.3 cm³/mol. The number of carbonyl (C=O) groups is 3. The molecule has 0 aliphatic rings. The van der Waals surface area contributed by atoms with Crippen LogP contribution in [0, 0.1) is 0 Å². The van der Waals surface area contributed by atoms with Gasteiger partial charge in [0, 0.05) is 32.7 Å². The van der Waals surface area contributed by atoms with E-state index in [1.807, 2.05) is 0 Å². The van der Waals surface area contributed by atoms with Crippen LogP contribution in [0.2, 0.25) is 0 Å². The lowest BCUT2D eigenvalue weighted by atomic mass is 10.3. The number of hydrogen-bond acceptors (Lipinski definition) is 4. The van der Waals surface area contributed by atoms with E-state index in [-0.39, 0.29) is 31.0 Å². The van der Waals surface area contributed by atoms with Gasteiger partial charge in [0.2, 0.25) is 0 Å². The summed E-state index contributed by atoms with van der Waals surface area (Å²) in [6, 6.07) is 0. The second kappa shape index (κ2) is 11.1. The minimum absolute atomic E-state index is 0.0172. The fourth-order valence-electron chi connectivity index (χ4n) is 1.75. The molecule has 7 nitrogen and oxygen atoms in total. The van der Waals surface area contributed by atoms with Crippen LogP contribution in [0.3, 0.4) is 0 Å². The van der Waals surface area contributed by atoms with Crippen molar-refractivity contribution in [3.8, 4) is 0 Å². The van der Waals surface area contributed by atoms with Gasteiger partial charge in [0.25, 0.3) is 0 Å². The predicted octanol–water partition coefficient (Wildman–Crippen LogP) is 0.714. The number of halogens is 9. The van der Waals surface area contributed by atoms with Gasteiger partial charge in [-0.25, -0.2) is 0 Å². The number of alkyl halides is 9. The molecule has 0 heterocycles. The van der Waals surface area contributed by atoms with Crippen LogP contribution in [0.5, 0.6) is 0 Å². The third kappa shape index (κ3) is 11.4. The molecule has 0 bridgehead atoms. The summed E-state index contributed by atoms with van der Waals surface area (Å²) in [6.07, 6.45) is -15.6. The van der Waals surface area contributed by atoms with Crippen LogP contribution in [-0.2, 0) is 14.4 Å². The first-order valence-electron chi connectivity index (χ1n) is 7.83. The van der Waals surface area contributed by atoms with Crippen molar-refractivity contribution < 1.29 is 53.9 Å². The molecule has 0 atom stereocenters. The van der Waals surface area contributed by atoms with Gasteiger partial charge in [0.1, 0.15) is 0 Å². The zero-order chi connectivity index (χ0) is 22.9. The van der Waals surface area contributed by atoms with Crippen LogP contribution < -0.4 is 16.0 Å². The lowest BCUT2D eigenvalue weighted by molar-refractivity contribution is -0.185. The first-order chi connectivity index (χ1) is 13.1. The third-order valence-corrected chi connectivity index (χ3v) is 3.09. The Hall–Kier alpha value is -2.26. The summed E-state index contributed by atoms with van der Waals surface area (Å²) in [5.74, 6) is -6.87. The van der Waals surface area contributed by atoms with Crippen LogP contribution in [0.1, 0.15) is 6.42 Å². The average Bonchev–Trinajstić information content (AvgIpc) is 2.55. The van der Waals surface area contributed by atoms with Crippen LogP contribution >= 0.6 is 0 Å². The molecule has 0 saturated heterocycles. The van der Waals surface area contributed by atoms with Crippen molar-refractivity contribution in [1.82, 2.24) is 20.9 Å². The van der Waals surface area contributed by atoms with Gasteiger partial charge in [-0.15, -0.1) is 0 Å². The first-order valence-corrected chi connectivity index (χ1v) is 7.83. The van der Waals surface area contributed by atoms with E-state index >= 15 is 0 Å². The van der Waals surface area contributed by atoms with Gasteiger partial charge in [-0.05, 0) is 13.0 Å². The smallest absolute Gasteiger partial charge is 0.348 e. The van der Waals surface area contributed by atoms with E-state index in [4.69, 9.17) is 0 Å². The minimum atomic E-state index is -5.30. The molecule has 0 aliphatic heterocycles. The molecule has 0 unspecified atom stereocenters. The Kier molecular flexibility index (Phi) is 10.2. The summed E-state index contributed by atoms with van der Waals surface area (Å²) >= 11 is 0. The molecular formula is C13H17F9N4O3. The van der Waals surface area contributed by atoms with E-state index in [2.05, 4.69) is 5.32 Å². The standard InChI is InChI=1S/C13H17F9N4O3/c14-11(15,16)8(27)24-3-1-2-23-4-6-26(10(29)13(20,21)22)7-5-25-9(28)12(17,18)19/h23H,1-7H2,(H,24,27)(H,25,28). The van der Waals surface area contributed by atoms with E-state index in [0.29, 0.717) is 0 Å². The van der Waals surface area contributed by atoms with Crippen LogP contribution in [0.25, 0.3) is 0 Å². The first kappa shape index (κ1) is 26.7. The number of nitrogens with one attached hydrogen (secondary N) is 3. The molecule has 0 saturated carbocycles. The number of hydrogen-bond donors (Lipinski definition) is 3. The molecule has 3 amide bonds. The van der Waals surface area contributed by atoms with Gasteiger partial charge in [0.15, 0.2) is 0 Å². The molecular weight excluding hydrogens is 431 g/mol. The largest absolute Gasteiger partial charge is 0.471 e. The lowest BCUT2D eigenvalue weighted by Crippen LogP contribution is -2.48. The van der Waals surface area contributed by atoms with E-state index in [0.717, 1.165) is 0 Å². The highest BCUT2D eigenvalue weighted by molar-refractivity contribution is 5.83. The fraction of sp³-hybridized carbons (Fsp3) is 0.769. The molecule has 16 heteroatoms. The Morgan fingerprint density at radius 1 is 0.621 bits per heavy atom. The lowest BCUT2D eigenvalue weighted by Gasteiger charge is -2.24. The molecule has 0 rings (SSSR count). The second-order valence-corrected chi connectivity index (χ2v) is 5.40. The summed E-state index contributed by atoms with van der Waals surface area (Å²) in [5, 5.41) is 5.38. The number of rotatable bonds is 10. The van der Waals surface area contributed by atoms with Gasteiger partial charge in [-0.1, -0.05) is 0 Å². The van der Waals surface area contributed by atoms with Crippen molar-refractivity contribution in [1.29, 1.82) is 0 Å². The van der Waals surface area contributed by atoms with Gasteiger partial charge in [-0.3, -0.25) is 14.4 Å². The quantitative estimate of drug-likeness (QED) is 0.339. The van der Waals surface area contributed by atoms with Crippen molar-refractivity contribution in [3.63, 3.8) is 0 Å². The van der Waals surface area contributed by atoms with Crippen molar-refractivity contribution >= 4 is 17.7 Å².